The third-order valence-electron chi connectivity index (χ3n) is 45.0. The van der Waals surface area contributed by atoms with Gasteiger partial charge in [0.2, 0.25) is 0 Å². The van der Waals surface area contributed by atoms with Gasteiger partial charge in [0.1, 0.15) is 0 Å². The number of alkyl halides is 2. The molecule has 0 aromatic rings. The Morgan fingerprint density at radius 1 is 0.270 bits per heavy atom. The summed E-state index contributed by atoms with van der Waals surface area (Å²) in [6, 6.07) is 0. The van der Waals surface area contributed by atoms with Crippen molar-refractivity contribution in [1.29, 1.82) is 0 Å². The molecule has 0 unspecified atom stereocenters. The van der Waals surface area contributed by atoms with E-state index in [1.54, 1.807) is 14.2 Å². The first kappa shape index (κ1) is 94.5. The Hall–Kier alpha value is -0.660. The summed E-state index contributed by atoms with van der Waals surface area (Å²) in [5.41, 5.74) is 7.00. The van der Waals surface area contributed by atoms with Crippen LogP contribution in [0.4, 0.5) is 0 Å². The Kier molecular flexibility index (Phi) is 28.4. The van der Waals surface area contributed by atoms with Gasteiger partial charge in [-0.1, -0.05) is 122 Å². The molecule has 6 N–H and O–H groups in total. The van der Waals surface area contributed by atoms with E-state index in [9.17, 15) is 30.6 Å². The van der Waals surface area contributed by atoms with Crippen LogP contribution in [-0.4, -0.2) is 103 Å². The van der Waals surface area contributed by atoms with Crippen LogP contribution < -0.4 is 0 Å². The number of aliphatic hydroxyl groups is 6. The average Bonchev–Trinajstić information content (AvgIpc) is 1.52. The fraction of sp³-hybridized carbons (Fsp3) is 0.911. The molecule has 20 aliphatic rings. The molecule has 20 aliphatic carbocycles. The van der Waals surface area contributed by atoms with Gasteiger partial charge in [0.05, 0.1) is 47.8 Å². The third kappa shape index (κ3) is 17.6. The van der Waals surface area contributed by atoms with Gasteiger partial charge in [0, 0.05) is 24.9 Å². The van der Waals surface area contributed by atoms with Crippen LogP contribution in [0.3, 0.4) is 0 Å². The summed E-state index contributed by atoms with van der Waals surface area (Å²) in [4.78, 5) is 0. The molecule has 0 amide bonds. The Balaban J connectivity index is 0.000000113. The molecule has 692 valence electrons. The zero-order chi connectivity index (χ0) is 87.0. The predicted octanol–water partition coefficient (Wildman–Crippen LogP) is 26.9. The molecule has 0 spiro atoms. The van der Waals surface area contributed by atoms with Gasteiger partial charge in [-0.15, -0.1) is 0 Å². The molecule has 20 saturated carbocycles. The van der Waals surface area contributed by atoms with Crippen molar-refractivity contribution in [1.82, 2.24) is 0 Å². The van der Waals surface area contributed by atoms with Crippen LogP contribution in [0.1, 0.15) is 358 Å². The first-order chi connectivity index (χ1) is 57.8. The minimum atomic E-state index is -0.558. The van der Waals surface area contributed by atoms with Crippen LogP contribution in [-0.2, 0) is 9.47 Å². The van der Waals surface area contributed by atoms with E-state index < -0.39 is 16.8 Å². The quantitative estimate of drug-likeness (QED) is 0.0839. The fourth-order valence-corrected chi connectivity index (χ4v) is 40.7. The number of rotatable bonds is 12. The maximum Gasteiger partial charge on any atom is 0.0882 e. The van der Waals surface area contributed by atoms with Crippen LogP contribution in [0.5, 0.6) is 0 Å². The first-order valence-electron chi connectivity index (χ1n) is 52.5. The second-order valence-corrected chi connectivity index (χ2v) is 52.3. The molecule has 0 aromatic carbocycles. The van der Waals surface area contributed by atoms with E-state index in [2.05, 4.69) is 134 Å². The van der Waals surface area contributed by atoms with E-state index in [1.165, 1.54) is 247 Å². The lowest BCUT2D eigenvalue weighted by molar-refractivity contribution is -0.123. The Bertz CT molecular complexity index is 3580. The van der Waals surface area contributed by atoms with E-state index in [0.29, 0.717) is 46.2 Å². The van der Waals surface area contributed by atoms with Crippen LogP contribution in [0.15, 0.2) is 60.8 Å². The van der Waals surface area contributed by atoms with Gasteiger partial charge in [-0.05, 0) is 534 Å². The van der Waals surface area contributed by atoms with Gasteiger partial charge in [-0.3, -0.25) is 0 Å². The summed E-state index contributed by atoms with van der Waals surface area (Å²) >= 11 is 7.34. The van der Waals surface area contributed by atoms with E-state index in [0.717, 1.165) is 252 Å². The molecule has 0 bridgehead atoms. The average molecular weight is 1820 g/mol. The van der Waals surface area contributed by atoms with Crippen LogP contribution in [0.25, 0.3) is 0 Å². The van der Waals surface area contributed by atoms with Crippen molar-refractivity contribution >= 4 is 31.9 Å². The largest absolute Gasteiger partial charge is 0.392 e. The number of hydrogen-bond acceptors (Lipinski definition) is 8. The molecule has 122 heavy (non-hydrogen) atoms. The molecule has 40 atom stereocenters. The molecule has 20 rings (SSSR count). The van der Waals surface area contributed by atoms with E-state index >= 15 is 0 Å². The smallest absolute Gasteiger partial charge is 0.0882 e. The Morgan fingerprint density at radius 3 is 0.730 bits per heavy atom. The van der Waals surface area contributed by atoms with Gasteiger partial charge in [0.15, 0.2) is 0 Å². The number of ether oxygens (including phenoxy) is 2. The molecule has 20 fully saturated rings. The van der Waals surface area contributed by atoms with Crippen LogP contribution in [0, 0.1) is 205 Å². The molecule has 10 heteroatoms. The maximum absolute atomic E-state index is 10.9. The minimum Gasteiger partial charge on any atom is -0.392 e. The lowest BCUT2D eigenvalue weighted by atomic mass is 9.49. The molecular formula is C112H182Br2O8. The number of halogens is 2. The van der Waals surface area contributed by atoms with E-state index in [4.69, 9.17) is 9.47 Å². The highest BCUT2D eigenvalue weighted by atomic mass is 79.9. The van der Waals surface area contributed by atoms with Crippen LogP contribution >= 0.6 is 31.9 Å². The number of methoxy groups -OCH3 is 2. The summed E-state index contributed by atoms with van der Waals surface area (Å²) in [5.74, 6) is 25.7. The highest BCUT2D eigenvalue weighted by Gasteiger charge is 2.65. The van der Waals surface area contributed by atoms with Crippen LogP contribution in [0.2, 0.25) is 0 Å². The summed E-state index contributed by atoms with van der Waals surface area (Å²) in [6.45, 7) is 46.5. The standard InChI is InChI=1S/C23H37BrO2.C23H38O2.C22H35BrO.C22H36O2.C22H36O/c1-15(13-24)20-6-7-21-19-5-4-16-12-23(25,14-26-3)11-9-17(16)18(19)8-10-22(20,21)2;1-15(2)20-7-8-21-19-6-5-16-13-23(24,14-25-4)12-10-17(16)18(19)9-11-22(20,21)3;2*1-14(13-23)19-6-7-20-18-5-4-15-12-21(2,24)10-8-16(15)17(18)9-11-22(19,20)3;1-14(2)19-7-8-20-18-6-5-15-13-21(3,23)11-9-16(15)17(18)10-12-22(19,20)4/h16-21,25H,1,4-14H2,2-3H3;16-21,24H,1,5-14H2,2-4H3;15-20,24H,1,4-13H2,2-3H3;15-20,23-24H,1,4-13H2,2-3H3;15-20,23H,1,5-13H2,2-4H3/t2*16-,17+,18-,19-,20-,21+,22-,23+;3*15-,16+,17-,18-,19-,20+,21+,22-/m11111/s1. The molecular weight excluding hydrogens is 1630 g/mol. The predicted molar refractivity (Wildman–Crippen MR) is 510 cm³/mol. The lowest BCUT2D eigenvalue weighted by Gasteiger charge is -2.57. The fourth-order valence-electron chi connectivity index (χ4n) is 39.9. The van der Waals surface area contributed by atoms with Crippen molar-refractivity contribution in [2.45, 2.75) is 386 Å². The normalized spacial score (nSPS) is 53.1. The topological polar surface area (TPSA) is 140 Å². The van der Waals surface area contributed by atoms with E-state index in [1.807, 2.05) is 0 Å². The van der Waals surface area contributed by atoms with Crippen molar-refractivity contribution < 1.29 is 40.1 Å². The molecule has 0 saturated heterocycles. The summed E-state index contributed by atoms with van der Waals surface area (Å²) in [5, 5.41) is 64.8. The Labute approximate surface area is 762 Å². The van der Waals surface area contributed by atoms with Crippen molar-refractivity contribution in [2.24, 2.45) is 205 Å². The Morgan fingerprint density at radius 2 is 0.492 bits per heavy atom. The molecule has 0 radical (unpaired) electrons. The number of aliphatic hydroxyl groups excluding tert-OH is 1. The van der Waals surface area contributed by atoms with Gasteiger partial charge in [0.25, 0.3) is 0 Å². The SMILES string of the molecule is C=C(C)[C@H]1CC[C@H]2[C@@H]3CC[C@@H]4C[C@@](C)(O)CC[C@@H]4[C@H]3CC[C@]12C.C=C(C)[C@H]1CC[C@H]2[C@@H]3CC[C@@H]4C[C@](O)(COC)CC[C@@H]4[C@H]3CC[C@]12C.C=C(CBr)[C@H]1CC[C@H]2[C@@H]3CC[C@@H]4C[C@@](C)(O)CC[C@@H]4[C@H]3CC[C@]12C.C=C(CBr)[C@H]1CC[C@H]2[C@@H]3CC[C@@H]4C[C@](O)(COC)CC[C@@H]4[C@H]3CC[C@]12C.C=C(CO)[C@H]1CC[C@H]2[C@@H]3CC[C@@H]4C[C@@](C)(O)CC[C@@H]4[C@H]3CC[C@]12C. The second kappa shape index (κ2) is 36.6. The van der Waals surface area contributed by atoms with Crippen molar-refractivity contribution in [3.63, 3.8) is 0 Å². The third-order valence-corrected chi connectivity index (χ3v) is 46.4. The molecule has 8 nitrogen and oxygen atoms in total. The van der Waals surface area contributed by atoms with Gasteiger partial charge in [-0.25, -0.2) is 0 Å². The van der Waals surface area contributed by atoms with Crippen molar-refractivity contribution in [3.8, 4) is 0 Å². The second-order valence-electron chi connectivity index (χ2n) is 51.2. The van der Waals surface area contributed by atoms with Crippen molar-refractivity contribution in [2.75, 3.05) is 44.7 Å². The van der Waals surface area contributed by atoms with Gasteiger partial charge < -0.3 is 40.1 Å². The summed E-state index contributed by atoms with van der Waals surface area (Å²) in [6.07, 6.45) is 58.0. The minimum absolute atomic E-state index is 0.168. The number of allylic oxidation sites excluding steroid dienone is 4. The zero-order valence-electron chi connectivity index (χ0n) is 80.0. The highest BCUT2D eigenvalue weighted by Crippen LogP contribution is 2.73. The monoisotopic (exact) mass is 1810 g/mol. The number of fused-ring (bicyclic) bond motifs is 25. The van der Waals surface area contributed by atoms with E-state index in [-0.39, 0.29) is 17.8 Å². The maximum atomic E-state index is 10.9. The zero-order valence-corrected chi connectivity index (χ0v) is 83.1. The number of hydrogen-bond donors (Lipinski definition) is 6. The molecule has 0 aliphatic heterocycles. The lowest BCUT2D eigenvalue weighted by Crippen LogP contribution is -2.52. The molecule has 0 heterocycles. The first-order valence-corrected chi connectivity index (χ1v) is 54.7. The molecule has 0 aromatic heterocycles. The van der Waals surface area contributed by atoms with Crippen molar-refractivity contribution in [3.05, 3.63) is 60.8 Å². The summed E-state index contributed by atoms with van der Waals surface area (Å²) < 4.78 is 10.6. The summed E-state index contributed by atoms with van der Waals surface area (Å²) in [7, 11) is 3.45. The van der Waals surface area contributed by atoms with Gasteiger partial charge >= 0.3 is 0 Å². The van der Waals surface area contributed by atoms with Gasteiger partial charge in [-0.2, -0.15) is 0 Å². The highest BCUT2D eigenvalue weighted by molar-refractivity contribution is 9.09.